The van der Waals surface area contributed by atoms with Crippen LogP contribution >= 0.6 is 0 Å². The molecule has 3 atom stereocenters. The van der Waals surface area contributed by atoms with E-state index in [0.717, 1.165) is 38.2 Å². The molecule has 2 aromatic carbocycles. The van der Waals surface area contributed by atoms with Crippen LogP contribution < -0.4 is 10.6 Å². The number of nitrogens with one attached hydrogen (secondary N) is 2. The third-order valence-electron chi connectivity index (χ3n) is 7.59. The number of rotatable bonds is 9. The summed E-state index contributed by atoms with van der Waals surface area (Å²) in [6, 6.07) is 11.2. The molecule has 1 saturated carbocycles. The van der Waals surface area contributed by atoms with Gasteiger partial charge < -0.3 is 25.2 Å². The van der Waals surface area contributed by atoms with Gasteiger partial charge in [-0.25, -0.2) is 8.78 Å². The van der Waals surface area contributed by atoms with E-state index in [-0.39, 0.29) is 30.3 Å². The molecule has 8 heteroatoms. The second-order valence-corrected chi connectivity index (χ2v) is 10.4. The molecule has 2 aliphatic rings. The lowest BCUT2D eigenvalue weighted by molar-refractivity contribution is -0.120. The van der Waals surface area contributed by atoms with E-state index in [4.69, 9.17) is 9.47 Å². The van der Waals surface area contributed by atoms with Crippen LogP contribution in [-0.4, -0.2) is 49.7 Å². The van der Waals surface area contributed by atoms with Gasteiger partial charge in [0.1, 0.15) is 18.4 Å². The quantitative estimate of drug-likeness (QED) is 0.463. The molecular weight excluding hydrogens is 478 g/mol. The fourth-order valence-corrected chi connectivity index (χ4v) is 5.66. The molecule has 6 nitrogen and oxygen atoms in total. The van der Waals surface area contributed by atoms with Crippen molar-refractivity contribution < 1.29 is 28.2 Å². The standard InChI is InChI=1S/C29H38F2N2O4/c1-20(34)33-27(14-21-12-25(30)16-26(31)13-21)28(35)17-32-29(9-3-2-4-10-29)24-7-5-6-22(15-24)23-8-11-36-19-37-18-23/h5-7,12-13,15-16,23,27-28,32,35H,2-4,8-11,14,17-19H2,1H3,(H,33,34)/t23?,27-,28+/m0/s1. The first-order valence-electron chi connectivity index (χ1n) is 13.3. The molecule has 0 bridgehead atoms. The maximum atomic E-state index is 13.7. The van der Waals surface area contributed by atoms with Crippen LogP contribution in [0.5, 0.6) is 0 Å². The highest BCUT2D eigenvalue weighted by atomic mass is 19.1. The fourth-order valence-electron chi connectivity index (χ4n) is 5.66. The minimum Gasteiger partial charge on any atom is -0.390 e. The van der Waals surface area contributed by atoms with E-state index in [9.17, 15) is 18.7 Å². The molecule has 0 aromatic heterocycles. The van der Waals surface area contributed by atoms with E-state index in [0.29, 0.717) is 25.6 Å². The van der Waals surface area contributed by atoms with Crippen molar-refractivity contribution in [3.63, 3.8) is 0 Å². The zero-order valence-corrected chi connectivity index (χ0v) is 21.5. The van der Waals surface area contributed by atoms with E-state index < -0.39 is 23.8 Å². The Kier molecular flexibility index (Phi) is 9.65. The fraction of sp³-hybridized carbons (Fsp3) is 0.552. The molecule has 1 amide bonds. The summed E-state index contributed by atoms with van der Waals surface area (Å²) in [5.74, 6) is -1.41. The number of amides is 1. The van der Waals surface area contributed by atoms with Gasteiger partial charge in [-0.15, -0.1) is 0 Å². The number of aliphatic hydroxyl groups excluding tert-OH is 1. The molecule has 4 rings (SSSR count). The molecule has 1 heterocycles. The summed E-state index contributed by atoms with van der Waals surface area (Å²) in [5, 5.41) is 17.6. The van der Waals surface area contributed by atoms with Gasteiger partial charge in [-0.3, -0.25) is 4.79 Å². The van der Waals surface area contributed by atoms with Crippen LogP contribution in [0.3, 0.4) is 0 Å². The molecule has 2 fully saturated rings. The van der Waals surface area contributed by atoms with Crippen LogP contribution in [0.1, 0.15) is 68.1 Å². The highest BCUT2D eigenvalue weighted by Crippen LogP contribution is 2.38. The van der Waals surface area contributed by atoms with E-state index >= 15 is 0 Å². The zero-order valence-electron chi connectivity index (χ0n) is 21.5. The van der Waals surface area contributed by atoms with Gasteiger partial charge in [0.15, 0.2) is 0 Å². The summed E-state index contributed by atoms with van der Waals surface area (Å²) >= 11 is 0. The van der Waals surface area contributed by atoms with Crippen molar-refractivity contribution in [1.82, 2.24) is 10.6 Å². The third kappa shape index (κ3) is 7.57. The second-order valence-electron chi connectivity index (χ2n) is 10.4. The van der Waals surface area contributed by atoms with Crippen molar-refractivity contribution in [2.24, 2.45) is 0 Å². The van der Waals surface area contributed by atoms with E-state index in [1.165, 1.54) is 36.6 Å². The monoisotopic (exact) mass is 516 g/mol. The number of carbonyl (C=O) groups excluding carboxylic acids is 1. The van der Waals surface area contributed by atoms with Crippen molar-refractivity contribution in [3.05, 3.63) is 70.8 Å². The normalized spacial score (nSPS) is 21.6. The molecule has 1 aliphatic carbocycles. The number of ether oxygens (including phenoxy) is 2. The molecule has 37 heavy (non-hydrogen) atoms. The van der Waals surface area contributed by atoms with Crippen molar-refractivity contribution in [1.29, 1.82) is 0 Å². The Morgan fingerprint density at radius 1 is 1.11 bits per heavy atom. The number of hydrogen-bond acceptors (Lipinski definition) is 5. The Morgan fingerprint density at radius 2 is 1.86 bits per heavy atom. The summed E-state index contributed by atoms with van der Waals surface area (Å²) in [5.41, 5.74) is 2.48. The van der Waals surface area contributed by atoms with E-state index in [2.05, 4.69) is 34.9 Å². The van der Waals surface area contributed by atoms with Crippen LogP contribution in [0.2, 0.25) is 0 Å². The largest absolute Gasteiger partial charge is 0.390 e. The van der Waals surface area contributed by atoms with Gasteiger partial charge in [-0.05, 0) is 54.5 Å². The van der Waals surface area contributed by atoms with Gasteiger partial charge in [0.2, 0.25) is 5.91 Å². The van der Waals surface area contributed by atoms with E-state index in [1.54, 1.807) is 0 Å². The van der Waals surface area contributed by atoms with Gasteiger partial charge in [-0.1, -0.05) is 43.5 Å². The highest BCUT2D eigenvalue weighted by molar-refractivity contribution is 5.73. The first kappa shape index (κ1) is 27.6. The summed E-state index contributed by atoms with van der Waals surface area (Å²) in [4.78, 5) is 11.9. The summed E-state index contributed by atoms with van der Waals surface area (Å²) < 4.78 is 38.6. The maximum Gasteiger partial charge on any atom is 0.217 e. The lowest BCUT2D eigenvalue weighted by Crippen LogP contribution is -2.53. The van der Waals surface area contributed by atoms with Crippen LogP contribution in [-0.2, 0) is 26.2 Å². The number of aliphatic hydroxyl groups is 1. The van der Waals surface area contributed by atoms with Crippen molar-refractivity contribution in [2.75, 3.05) is 26.6 Å². The molecule has 0 spiro atoms. The Morgan fingerprint density at radius 3 is 2.59 bits per heavy atom. The molecule has 1 saturated heterocycles. The van der Waals surface area contributed by atoms with Crippen molar-refractivity contribution >= 4 is 5.91 Å². The summed E-state index contributed by atoms with van der Waals surface area (Å²) in [6.07, 6.45) is 5.26. The third-order valence-corrected chi connectivity index (χ3v) is 7.59. The molecular formula is C29H38F2N2O4. The lowest BCUT2D eigenvalue weighted by atomic mass is 9.75. The summed E-state index contributed by atoms with van der Waals surface area (Å²) in [6.45, 7) is 3.23. The van der Waals surface area contributed by atoms with E-state index in [1.807, 2.05) is 0 Å². The number of benzene rings is 2. The minimum absolute atomic E-state index is 0.114. The van der Waals surface area contributed by atoms with Gasteiger partial charge in [0.25, 0.3) is 0 Å². The lowest BCUT2D eigenvalue weighted by Gasteiger charge is -2.40. The average Bonchev–Trinajstić information content (AvgIpc) is 3.16. The maximum absolute atomic E-state index is 13.7. The van der Waals surface area contributed by atoms with Gasteiger partial charge in [-0.2, -0.15) is 0 Å². The Balaban J connectivity index is 1.51. The Hall–Kier alpha value is -2.39. The summed E-state index contributed by atoms with van der Waals surface area (Å²) in [7, 11) is 0. The molecule has 1 unspecified atom stereocenters. The number of carbonyl (C=O) groups is 1. The Labute approximate surface area is 217 Å². The highest BCUT2D eigenvalue weighted by Gasteiger charge is 2.35. The molecule has 0 radical (unpaired) electrons. The van der Waals surface area contributed by atoms with Crippen LogP contribution in [0.25, 0.3) is 0 Å². The van der Waals surface area contributed by atoms with Gasteiger partial charge in [0.05, 0.1) is 25.4 Å². The molecule has 3 N–H and O–H groups in total. The smallest absolute Gasteiger partial charge is 0.217 e. The first-order valence-corrected chi connectivity index (χ1v) is 13.3. The number of hydrogen-bond donors (Lipinski definition) is 3. The number of halogens is 2. The second kappa shape index (κ2) is 12.9. The topological polar surface area (TPSA) is 79.8 Å². The molecule has 2 aromatic rings. The van der Waals surface area contributed by atoms with Gasteiger partial charge >= 0.3 is 0 Å². The van der Waals surface area contributed by atoms with Crippen molar-refractivity contribution in [3.8, 4) is 0 Å². The molecule has 202 valence electrons. The zero-order chi connectivity index (χ0) is 26.3. The average molecular weight is 517 g/mol. The predicted octanol–water partition coefficient (Wildman–Crippen LogP) is 4.30. The molecule has 1 aliphatic heterocycles. The Bertz CT molecular complexity index is 1020. The van der Waals surface area contributed by atoms with Crippen LogP contribution in [0.4, 0.5) is 8.78 Å². The predicted molar refractivity (Wildman–Crippen MR) is 137 cm³/mol. The van der Waals surface area contributed by atoms with Crippen LogP contribution in [0, 0.1) is 11.6 Å². The van der Waals surface area contributed by atoms with Gasteiger partial charge in [0, 0.05) is 31.0 Å². The SMILES string of the molecule is CC(=O)N[C@@H](Cc1cc(F)cc(F)c1)[C@H](O)CNC1(c2cccc(C3CCOCOC3)c2)CCCCC1. The first-order chi connectivity index (χ1) is 17.8. The minimum atomic E-state index is -0.954. The van der Waals surface area contributed by atoms with Crippen LogP contribution in [0.15, 0.2) is 42.5 Å². The van der Waals surface area contributed by atoms with Crippen molar-refractivity contribution in [2.45, 2.75) is 75.5 Å².